The Hall–Kier alpha value is -1.49. The van der Waals surface area contributed by atoms with Crippen LogP contribution in [0, 0.1) is 0 Å². The molecule has 1 heterocycles. The lowest BCUT2D eigenvalue weighted by Gasteiger charge is -2.06. The van der Waals surface area contributed by atoms with Crippen LogP contribution >= 0.6 is 11.6 Å². The van der Waals surface area contributed by atoms with Crippen molar-refractivity contribution in [3.8, 4) is 5.88 Å². The van der Waals surface area contributed by atoms with Crippen molar-refractivity contribution in [2.24, 2.45) is 0 Å². The van der Waals surface area contributed by atoms with Crippen molar-refractivity contribution in [3.05, 3.63) is 22.8 Å². The Bertz CT molecular complexity index is 343. The van der Waals surface area contributed by atoms with Gasteiger partial charge in [-0.1, -0.05) is 11.6 Å². The Kier molecular flexibility index (Phi) is 3.53. The van der Waals surface area contributed by atoms with E-state index in [4.69, 9.17) is 21.4 Å². The van der Waals surface area contributed by atoms with Crippen molar-refractivity contribution in [2.45, 2.75) is 6.54 Å². The van der Waals surface area contributed by atoms with Crippen LogP contribution in [0.3, 0.4) is 0 Å². The smallest absolute Gasteiger partial charge is 0.404 e. The Labute approximate surface area is 85.7 Å². The minimum atomic E-state index is -1.10. The number of methoxy groups -OCH3 is 1. The average Bonchev–Trinajstić information content (AvgIpc) is 2.15. The first-order valence-corrected chi connectivity index (χ1v) is 4.17. The van der Waals surface area contributed by atoms with Crippen molar-refractivity contribution in [1.82, 2.24) is 10.3 Å². The van der Waals surface area contributed by atoms with Crippen molar-refractivity contribution < 1.29 is 14.6 Å². The third-order valence-electron chi connectivity index (χ3n) is 1.53. The van der Waals surface area contributed by atoms with Crippen LogP contribution in [0.25, 0.3) is 0 Å². The van der Waals surface area contributed by atoms with Gasteiger partial charge in [0.25, 0.3) is 0 Å². The van der Waals surface area contributed by atoms with Gasteiger partial charge in [-0.15, -0.1) is 0 Å². The molecule has 0 aliphatic rings. The molecular weight excluding hydrogens is 208 g/mol. The van der Waals surface area contributed by atoms with E-state index in [1.165, 1.54) is 7.11 Å². The van der Waals surface area contributed by atoms with Crippen LogP contribution in [-0.4, -0.2) is 23.3 Å². The first-order chi connectivity index (χ1) is 6.63. The zero-order valence-electron chi connectivity index (χ0n) is 7.45. The van der Waals surface area contributed by atoms with Crippen LogP contribution < -0.4 is 10.1 Å². The fourth-order valence-corrected chi connectivity index (χ4v) is 1.07. The van der Waals surface area contributed by atoms with Gasteiger partial charge in [-0.05, 0) is 12.1 Å². The number of amides is 1. The van der Waals surface area contributed by atoms with Gasteiger partial charge in [0.05, 0.1) is 13.7 Å². The summed E-state index contributed by atoms with van der Waals surface area (Å²) >= 11 is 5.63. The highest BCUT2D eigenvalue weighted by atomic mass is 35.5. The van der Waals surface area contributed by atoms with Gasteiger partial charge >= 0.3 is 6.09 Å². The highest BCUT2D eigenvalue weighted by Gasteiger charge is 2.06. The number of ether oxygens (including phenoxy) is 1. The van der Waals surface area contributed by atoms with Gasteiger partial charge in [-0.3, -0.25) is 0 Å². The molecule has 0 unspecified atom stereocenters. The van der Waals surface area contributed by atoms with Crippen LogP contribution in [-0.2, 0) is 6.54 Å². The molecule has 14 heavy (non-hydrogen) atoms. The number of nitrogens with one attached hydrogen (secondary N) is 1. The standard InChI is InChI=1S/C8H9ClN2O3/c1-14-7-5(4-10-8(12)13)2-3-6(9)11-7/h2-3,10H,4H2,1H3,(H,12,13). The predicted molar refractivity (Wildman–Crippen MR) is 50.7 cm³/mol. The molecule has 0 atom stereocenters. The molecule has 0 aliphatic carbocycles. The van der Waals surface area contributed by atoms with E-state index in [1.54, 1.807) is 12.1 Å². The monoisotopic (exact) mass is 216 g/mol. The number of rotatable bonds is 3. The van der Waals surface area contributed by atoms with E-state index in [0.29, 0.717) is 16.6 Å². The van der Waals surface area contributed by atoms with Crippen LogP contribution in [0.4, 0.5) is 4.79 Å². The third-order valence-corrected chi connectivity index (χ3v) is 1.74. The Morgan fingerprint density at radius 1 is 1.71 bits per heavy atom. The summed E-state index contributed by atoms with van der Waals surface area (Å²) < 4.78 is 4.93. The molecule has 1 amide bonds. The number of nitrogens with zero attached hydrogens (tertiary/aromatic N) is 1. The van der Waals surface area contributed by atoms with Gasteiger partial charge in [-0.2, -0.15) is 0 Å². The molecule has 5 nitrogen and oxygen atoms in total. The highest BCUT2D eigenvalue weighted by molar-refractivity contribution is 6.29. The van der Waals surface area contributed by atoms with Crippen molar-refractivity contribution in [2.75, 3.05) is 7.11 Å². The first kappa shape index (κ1) is 10.6. The molecule has 0 saturated carbocycles. The highest BCUT2D eigenvalue weighted by Crippen LogP contribution is 2.17. The molecule has 0 aliphatic heterocycles. The lowest BCUT2D eigenvalue weighted by Crippen LogP contribution is -2.20. The lowest BCUT2D eigenvalue weighted by molar-refractivity contribution is 0.194. The van der Waals surface area contributed by atoms with E-state index in [9.17, 15) is 4.79 Å². The zero-order chi connectivity index (χ0) is 10.6. The number of hydrogen-bond donors (Lipinski definition) is 2. The molecular formula is C8H9ClN2O3. The van der Waals surface area contributed by atoms with Gasteiger partial charge in [0, 0.05) is 5.56 Å². The fourth-order valence-electron chi connectivity index (χ4n) is 0.929. The topological polar surface area (TPSA) is 71.5 Å². The minimum Gasteiger partial charge on any atom is -0.481 e. The summed E-state index contributed by atoms with van der Waals surface area (Å²) in [5, 5.41) is 10.9. The molecule has 1 rings (SSSR count). The molecule has 0 saturated heterocycles. The maximum atomic E-state index is 10.2. The van der Waals surface area contributed by atoms with Crippen LogP contribution in [0.1, 0.15) is 5.56 Å². The number of hydrogen-bond acceptors (Lipinski definition) is 3. The molecule has 76 valence electrons. The van der Waals surface area contributed by atoms with Gasteiger partial charge in [0.2, 0.25) is 5.88 Å². The van der Waals surface area contributed by atoms with Gasteiger partial charge < -0.3 is 15.2 Å². The van der Waals surface area contributed by atoms with Crippen molar-refractivity contribution in [3.63, 3.8) is 0 Å². The SMILES string of the molecule is COc1nc(Cl)ccc1CNC(=O)O. The molecule has 0 radical (unpaired) electrons. The van der Waals surface area contributed by atoms with E-state index < -0.39 is 6.09 Å². The average molecular weight is 217 g/mol. The van der Waals surface area contributed by atoms with E-state index in [1.807, 2.05) is 0 Å². The van der Waals surface area contributed by atoms with E-state index in [2.05, 4.69) is 10.3 Å². The summed E-state index contributed by atoms with van der Waals surface area (Å²) in [4.78, 5) is 14.1. The van der Waals surface area contributed by atoms with E-state index in [0.717, 1.165) is 0 Å². The number of aromatic nitrogens is 1. The van der Waals surface area contributed by atoms with Gasteiger partial charge in [0.1, 0.15) is 5.15 Å². The number of carboxylic acid groups (broad SMARTS) is 1. The number of pyridine rings is 1. The summed E-state index contributed by atoms with van der Waals surface area (Å²) in [6, 6.07) is 3.23. The minimum absolute atomic E-state index is 0.142. The molecule has 0 fully saturated rings. The quantitative estimate of drug-likeness (QED) is 0.752. The molecule has 6 heteroatoms. The summed E-state index contributed by atoms with van der Waals surface area (Å²) in [6.45, 7) is 0.142. The van der Waals surface area contributed by atoms with Crippen LogP contribution in [0.5, 0.6) is 5.88 Å². The first-order valence-electron chi connectivity index (χ1n) is 3.79. The van der Waals surface area contributed by atoms with Crippen LogP contribution in [0.2, 0.25) is 5.15 Å². The molecule has 1 aromatic heterocycles. The summed E-state index contributed by atoms with van der Waals surface area (Å²) in [5.41, 5.74) is 0.638. The Balaban J connectivity index is 2.80. The zero-order valence-corrected chi connectivity index (χ0v) is 8.21. The maximum Gasteiger partial charge on any atom is 0.404 e. The maximum absolute atomic E-state index is 10.2. The Morgan fingerprint density at radius 3 is 3.00 bits per heavy atom. The van der Waals surface area contributed by atoms with E-state index >= 15 is 0 Å². The summed E-state index contributed by atoms with van der Waals surface area (Å²) in [7, 11) is 1.45. The second-order valence-electron chi connectivity index (χ2n) is 2.46. The number of carbonyl (C=O) groups is 1. The second-order valence-corrected chi connectivity index (χ2v) is 2.85. The molecule has 0 spiro atoms. The molecule has 1 aromatic rings. The number of halogens is 1. The largest absolute Gasteiger partial charge is 0.481 e. The van der Waals surface area contributed by atoms with Gasteiger partial charge in [0.15, 0.2) is 0 Å². The molecule has 0 bridgehead atoms. The second kappa shape index (κ2) is 4.66. The van der Waals surface area contributed by atoms with Crippen LogP contribution in [0.15, 0.2) is 12.1 Å². The third kappa shape index (κ3) is 2.77. The van der Waals surface area contributed by atoms with E-state index in [-0.39, 0.29) is 6.54 Å². The normalized spacial score (nSPS) is 9.57. The van der Waals surface area contributed by atoms with Crippen molar-refractivity contribution in [1.29, 1.82) is 0 Å². The molecule has 0 aromatic carbocycles. The summed E-state index contributed by atoms with van der Waals surface area (Å²) in [5.74, 6) is 0.325. The summed E-state index contributed by atoms with van der Waals surface area (Å²) in [6.07, 6.45) is -1.10. The lowest BCUT2D eigenvalue weighted by atomic mass is 10.3. The van der Waals surface area contributed by atoms with Crippen molar-refractivity contribution >= 4 is 17.7 Å². The predicted octanol–water partition coefficient (Wildman–Crippen LogP) is 1.51. The van der Waals surface area contributed by atoms with Gasteiger partial charge in [-0.25, -0.2) is 9.78 Å². The fraction of sp³-hybridized carbons (Fsp3) is 0.250. The molecule has 2 N–H and O–H groups in total. The Morgan fingerprint density at radius 2 is 2.43 bits per heavy atom.